The second-order valence-corrected chi connectivity index (χ2v) is 6.72. The maximum atomic E-state index is 11.7. The predicted molar refractivity (Wildman–Crippen MR) is 63.3 cm³/mol. The Morgan fingerprint density at radius 3 is 1.87 bits per heavy atom. The highest BCUT2D eigenvalue weighted by molar-refractivity contribution is 7.88. The predicted octanol–water partition coefficient (Wildman–Crippen LogP) is 2.38. The van der Waals surface area contributed by atoms with E-state index in [2.05, 4.69) is 0 Å². The van der Waals surface area contributed by atoms with E-state index < -0.39 is 10.0 Å². The van der Waals surface area contributed by atoms with Crippen LogP contribution in [0, 0.1) is 0 Å². The van der Waals surface area contributed by atoms with Gasteiger partial charge in [0.1, 0.15) is 0 Å². The Hall–Kier alpha value is -0.0900. The number of hydrogen-bond acceptors (Lipinski definition) is 2. The normalized spacial score (nSPS) is 20.9. The van der Waals surface area contributed by atoms with E-state index in [1.165, 1.54) is 31.9 Å². The van der Waals surface area contributed by atoms with Crippen LogP contribution < -0.4 is 0 Å². The molecular weight excluding hydrogens is 210 g/mol. The lowest BCUT2D eigenvalue weighted by molar-refractivity contribution is 0.252. The quantitative estimate of drug-likeness (QED) is 0.702. The summed E-state index contributed by atoms with van der Waals surface area (Å²) in [6.07, 6.45) is 8.25. The summed E-state index contributed by atoms with van der Waals surface area (Å²) < 4.78 is 25.1. The fraction of sp³-hybridized carbons (Fsp3) is 1.00. The van der Waals surface area contributed by atoms with Gasteiger partial charge in [0.05, 0.1) is 6.26 Å². The van der Waals surface area contributed by atoms with Gasteiger partial charge in [-0.15, -0.1) is 0 Å². The molecule has 0 aliphatic heterocycles. The lowest BCUT2D eigenvalue weighted by atomic mass is 10.1. The van der Waals surface area contributed by atoms with Crippen LogP contribution in [0.2, 0.25) is 0 Å². The van der Waals surface area contributed by atoms with E-state index in [-0.39, 0.29) is 12.1 Å². The van der Waals surface area contributed by atoms with Crippen LogP contribution >= 0.6 is 0 Å². The van der Waals surface area contributed by atoms with E-state index in [4.69, 9.17) is 0 Å². The molecule has 0 N–H and O–H groups in total. The van der Waals surface area contributed by atoms with Gasteiger partial charge in [0.15, 0.2) is 0 Å². The maximum absolute atomic E-state index is 11.7. The van der Waals surface area contributed by atoms with Gasteiger partial charge < -0.3 is 0 Å². The molecule has 0 saturated heterocycles. The topological polar surface area (TPSA) is 37.4 Å². The Morgan fingerprint density at radius 1 is 1.07 bits per heavy atom. The minimum atomic E-state index is -3.05. The minimum Gasteiger partial charge on any atom is -0.212 e. The molecule has 0 heterocycles. The fourth-order valence-corrected chi connectivity index (χ4v) is 4.11. The van der Waals surface area contributed by atoms with E-state index >= 15 is 0 Å². The van der Waals surface area contributed by atoms with Gasteiger partial charge in [-0.1, -0.05) is 25.7 Å². The second-order valence-electron chi connectivity index (χ2n) is 4.83. The molecule has 1 aliphatic carbocycles. The van der Waals surface area contributed by atoms with Crippen LogP contribution in [0.25, 0.3) is 0 Å². The maximum Gasteiger partial charge on any atom is 0.211 e. The average Bonchev–Trinajstić information content (AvgIpc) is 2.29. The molecule has 0 aromatic carbocycles. The molecule has 0 unspecified atom stereocenters. The third-order valence-electron chi connectivity index (χ3n) is 3.08. The molecule has 1 rings (SSSR count). The Morgan fingerprint density at radius 2 is 1.53 bits per heavy atom. The molecule has 4 heteroatoms. The summed E-state index contributed by atoms with van der Waals surface area (Å²) in [5, 5.41) is 0. The summed E-state index contributed by atoms with van der Waals surface area (Å²) >= 11 is 0. The molecule has 0 spiro atoms. The zero-order valence-corrected chi connectivity index (χ0v) is 10.9. The van der Waals surface area contributed by atoms with Crippen molar-refractivity contribution >= 4 is 10.0 Å². The summed E-state index contributed by atoms with van der Waals surface area (Å²) in [7, 11) is -3.05. The van der Waals surface area contributed by atoms with Gasteiger partial charge in [-0.05, 0) is 26.7 Å². The first-order valence-corrected chi connectivity index (χ1v) is 7.76. The van der Waals surface area contributed by atoms with Gasteiger partial charge >= 0.3 is 0 Å². The van der Waals surface area contributed by atoms with Gasteiger partial charge in [0, 0.05) is 12.1 Å². The largest absolute Gasteiger partial charge is 0.212 e. The first-order chi connectivity index (χ1) is 6.93. The molecule has 1 saturated carbocycles. The van der Waals surface area contributed by atoms with Crippen LogP contribution in [0.3, 0.4) is 0 Å². The summed E-state index contributed by atoms with van der Waals surface area (Å²) in [6, 6.07) is 0.325. The molecule has 0 aromatic heterocycles. The molecule has 0 atom stereocenters. The van der Waals surface area contributed by atoms with Crippen molar-refractivity contribution in [2.45, 2.75) is 64.5 Å². The molecule has 0 bridgehead atoms. The zero-order valence-electron chi connectivity index (χ0n) is 10.1. The number of rotatable bonds is 3. The highest BCUT2D eigenvalue weighted by atomic mass is 32.2. The van der Waals surface area contributed by atoms with Crippen LogP contribution in [-0.4, -0.2) is 31.1 Å². The monoisotopic (exact) mass is 233 g/mol. The van der Waals surface area contributed by atoms with Gasteiger partial charge in [0.2, 0.25) is 10.0 Å². The first kappa shape index (κ1) is 13.0. The summed E-state index contributed by atoms with van der Waals surface area (Å²) in [6.45, 7) is 3.93. The summed E-state index contributed by atoms with van der Waals surface area (Å²) in [4.78, 5) is 0. The molecule has 0 amide bonds. The van der Waals surface area contributed by atoms with Crippen molar-refractivity contribution in [3.63, 3.8) is 0 Å². The first-order valence-electron chi connectivity index (χ1n) is 5.91. The van der Waals surface area contributed by atoms with Crippen LogP contribution in [0.4, 0.5) is 0 Å². The number of nitrogens with zero attached hydrogens (tertiary/aromatic N) is 1. The van der Waals surface area contributed by atoms with Crippen molar-refractivity contribution in [1.82, 2.24) is 4.31 Å². The van der Waals surface area contributed by atoms with Gasteiger partial charge in [-0.3, -0.25) is 0 Å². The van der Waals surface area contributed by atoms with Crippen molar-refractivity contribution in [2.24, 2.45) is 0 Å². The van der Waals surface area contributed by atoms with Crippen LogP contribution in [0.15, 0.2) is 0 Å². The molecule has 0 aromatic rings. The van der Waals surface area contributed by atoms with E-state index in [0.717, 1.165) is 12.8 Å². The third-order valence-corrected chi connectivity index (χ3v) is 4.56. The van der Waals surface area contributed by atoms with Crippen molar-refractivity contribution < 1.29 is 8.42 Å². The van der Waals surface area contributed by atoms with Crippen molar-refractivity contribution in [2.75, 3.05) is 6.26 Å². The number of hydrogen-bond donors (Lipinski definition) is 0. The average molecular weight is 233 g/mol. The zero-order chi connectivity index (χ0) is 11.5. The van der Waals surface area contributed by atoms with Gasteiger partial charge in [-0.25, -0.2) is 8.42 Å². The van der Waals surface area contributed by atoms with Crippen molar-refractivity contribution in [3.8, 4) is 0 Å². The minimum absolute atomic E-state index is 0.0862. The van der Waals surface area contributed by atoms with Crippen LogP contribution in [-0.2, 0) is 10.0 Å². The molecule has 0 radical (unpaired) electrons. The van der Waals surface area contributed by atoms with Crippen molar-refractivity contribution in [1.29, 1.82) is 0 Å². The third kappa shape index (κ3) is 3.76. The standard InChI is InChI=1S/C11H23NO2S/c1-10(2)12(15(3,13)14)11-8-6-4-5-7-9-11/h10-11H,4-9H2,1-3H3. The Balaban J connectivity index is 2.78. The van der Waals surface area contributed by atoms with E-state index in [1.807, 2.05) is 13.8 Å². The second kappa shape index (κ2) is 5.30. The highest BCUT2D eigenvalue weighted by Crippen LogP contribution is 2.25. The fourth-order valence-electron chi connectivity index (χ4n) is 2.59. The van der Waals surface area contributed by atoms with E-state index in [1.54, 1.807) is 4.31 Å². The number of sulfonamides is 1. The van der Waals surface area contributed by atoms with Crippen LogP contribution in [0.5, 0.6) is 0 Å². The van der Waals surface area contributed by atoms with Crippen LogP contribution in [0.1, 0.15) is 52.4 Å². The van der Waals surface area contributed by atoms with E-state index in [9.17, 15) is 8.42 Å². The lowest BCUT2D eigenvalue weighted by Crippen LogP contribution is -2.44. The van der Waals surface area contributed by atoms with Gasteiger partial charge in [0.25, 0.3) is 0 Å². The smallest absolute Gasteiger partial charge is 0.211 e. The van der Waals surface area contributed by atoms with Crippen molar-refractivity contribution in [3.05, 3.63) is 0 Å². The molecule has 15 heavy (non-hydrogen) atoms. The van der Waals surface area contributed by atoms with Gasteiger partial charge in [-0.2, -0.15) is 4.31 Å². The SMILES string of the molecule is CC(C)N(C1CCCCCC1)S(C)(=O)=O. The molecule has 3 nitrogen and oxygen atoms in total. The Labute approximate surface area is 93.9 Å². The van der Waals surface area contributed by atoms with E-state index in [0.29, 0.717) is 0 Å². The lowest BCUT2D eigenvalue weighted by Gasteiger charge is -2.32. The Bertz CT molecular complexity index is 277. The highest BCUT2D eigenvalue weighted by Gasteiger charge is 2.29. The molecular formula is C11H23NO2S. The molecule has 1 fully saturated rings. The Kier molecular flexibility index (Phi) is 4.59. The summed E-state index contributed by atoms with van der Waals surface area (Å²) in [5.41, 5.74) is 0. The summed E-state index contributed by atoms with van der Waals surface area (Å²) in [5.74, 6) is 0. The molecule has 1 aliphatic rings. The molecule has 90 valence electrons.